The first kappa shape index (κ1) is 19.1. The molecule has 29 heavy (non-hydrogen) atoms. The van der Waals surface area contributed by atoms with Gasteiger partial charge in [0.05, 0.1) is 5.69 Å². The second kappa shape index (κ2) is 8.87. The largest absolute Gasteiger partial charge is 0.375 e. The summed E-state index contributed by atoms with van der Waals surface area (Å²) in [7, 11) is 1.55. The van der Waals surface area contributed by atoms with E-state index in [1.54, 1.807) is 25.7 Å². The Morgan fingerprint density at radius 1 is 1.10 bits per heavy atom. The Kier molecular flexibility index (Phi) is 5.86. The Bertz CT molecular complexity index is 957. The number of hydrogen-bond donors (Lipinski definition) is 0. The quantitative estimate of drug-likeness (QED) is 0.667. The van der Waals surface area contributed by atoms with E-state index in [1.165, 1.54) is 0 Å². The molecule has 0 unspecified atom stereocenters. The zero-order chi connectivity index (χ0) is 20.1. The van der Waals surface area contributed by atoms with Gasteiger partial charge < -0.3 is 9.64 Å². The molecule has 0 radical (unpaired) electrons. The van der Waals surface area contributed by atoms with Crippen LogP contribution >= 0.6 is 0 Å². The molecule has 0 spiro atoms. The maximum atomic E-state index is 12.1. The number of aromatic nitrogens is 4. The van der Waals surface area contributed by atoms with Crippen molar-refractivity contribution in [1.29, 1.82) is 0 Å². The lowest BCUT2D eigenvalue weighted by Crippen LogP contribution is -2.40. The topological polar surface area (TPSA) is 81.1 Å². The average molecular weight is 389 g/mol. The summed E-state index contributed by atoms with van der Waals surface area (Å²) in [5.41, 5.74) is 3.81. The molecule has 4 rings (SSSR count). The lowest BCUT2D eigenvalue weighted by Gasteiger charge is -2.32. The molecule has 1 fully saturated rings. The second-order valence-electron chi connectivity index (χ2n) is 7.03. The van der Waals surface area contributed by atoms with E-state index < -0.39 is 0 Å². The summed E-state index contributed by atoms with van der Waals surface area (Å²) in [6.07, 6.45) is 8.88. The molecule has 1 saturated heterocycles. The number of nitrogens with zero attached hydrogens (tertiary/aromatic N) is 5. The van der Waals surface area contributed by atoms with Gasteiger partial charge in [0.1, 0.15) is 12.3 Å². The van der Waals surface area contributed by atoms with Crippen LogP contribution in [0.2, 0.25) is 0 Å². The minimum absolute atomic E-state index is 0.0390. The Morgan fingerprint density at radius 2 is 1.90 bits per heavy atom. The third kappa shape index (κ3) is 4.30. The van der Waals surface area contributed by atoms with Crippen molar-refractivity contribution in [2.75, 3.05) is 26.8 Å². The minimum atomic E-state index is 0.0390. The molecule has 1 amide bonds. The first-order chi connectivity index (χ1) is 14.3. The van der Waals surface area contributed by atoms with Gasteiger partial charge in [-0.2, -0.15) is 0 Å². The van der Waals surface area contributed by atoms with Gasteiger partial charge in [-0.05, 0) is 42.7 Å². The molecule has 0 atom stereocenters. The van der Waals surface area contributed by atoms with E-state index in [0.29, 0.717) is 18.9 Å². The first-order valence-corrected chi connectivity index (χ1v) is 9.71. The van der Waals surface area contributed by atoms with E-state index in [1.807, 2.05) is 41.4 Å². The molecule has 0 N–H and O–H groups in total. The highest BCUT2D eigenvalue weighted by Crippen LogP contribution is 2.34. The van der Waals surface area contributed by atoms with E-state index in [9.17, 15) is 4.79 Å². The Hall–Kier alpha value is -3.19. The van der Waals surface area contributed by atoms with E-state index in [0.717, 1.165) is 35.4 Å². The summed E-state index contributed by atoms with van der Waals surface area (Å²) >= 11 is 0. The maximum absolute atomic E-state index is 12.1. The summed E-state index contributed by atoms with van der Waals surface area (Å²) < 4.78 is 4.99. The standard InChI is InChI=1S/C22H23N5O2/c1-29-15-20(28)27-12-7-17(8-13-27)21-18(16-5-10-23-11-6-16)14-25-22(26-21)19-4-2-3-9-24-19/h2-6,9-11,14,17H,7-8,12-13,15H2,1H3. The second-order valence-corrected chi connectivity index (χ2v) is 7.03. The third-order valence-corrected chi connectivity index (χ3v) is 5.21. The fourth-order valence-electron chi connectivity index (χ4n) is 3.70. The molecule has 3 aromatic rings. The van der Waals surface area contributed by atoms with Crippen molar-refractivity contribution >= 4 is 5.91 Å². The van der Waals surface area contributed by atoms with Gasteiger partial charge >= 0.3 is 0 Å². The number of piperidine rings is 1. The summed E-state index contributed by atoms with van der Waals surface area (Å²) in [6, 6.07) is 9.67. The van der Waals surface area contributed by atoms with Crippen LogP contribution in [0.1, 0.15) is 24.5 Å². The van der Waals surface area contributed by atoms with Crippen LogP contribution in [0.4, 0.5) is 0 Å². The smallest absolute Gasteiger partial charge is 0.248 e. The van der Waals surface area contributed by atoms with Crippen LogP contribution in [0, 0.1) is 0 Å². The van der Waals surface area contributed by atoms with Gasteiger partial charge in [0, 0.05) is 56.5 Å². The SMILES string of the molecule is COCC(=O)N1CCC(c2nc(-c3ccccn3)ncc2-c2ccncc2)CC1. The number of likely N-dealkylation sites (tertiary alicyclic amines) is 1. The lowest BCUT2D eigenvalue weighted by molar-refractivity contribution is -0.136. The van der Waals surface area contributed by atoms with E-state index in [2.05, 4.69) is 15.0 Å². The number of pyridine rings is 2. The molecule has 4 heterocycles. The van der Waals surface area contributed by atoms with Crippen molar-refractivity contribution in [3.63, 3.8) is 0 Å². The highest BCUT2D eigenvalue weighted by Gasteiger charge is 2.27. The fraction of sp³-hybridized carbons (Fsp3) is 0.318. The number of amides is 1. The van der Waals surface area contributed by atoms with Crippen LogP contribution in [0.5, 0.6) is 0 Å². The van der Waals surface area contributed by atoms with Crippen molar-refractivity contribution in [3.8, 4) is 22.6 Å². The first-order valence-electron chi connectivity index (χ1n) is 9.71. The summed E-state index contributed by atoms with van der Waals surface area (Å²) in [5, 5.41) is 0. The van der Waals surface area contributed by atoms with Crippen LogP contribution in [0.25, 0.3) is 22.6 Å². The minimum Gasteiger partial charge on any atom is -0.375 e. The van der Waals surface area contributed by atoms with E-state index in [4.69, 9.17) is 9.72 Å². The molecule has 7 heteroatoms. The van der Waals surface area contributed by atoms with Gasteiger partial charge in [-0.1, -0.05) is 6.07 Å². The molecule has 1 aliphatic heterocycles. The highest BCUT2D eigenvalue weighted by molar-refractivity contribution is 5.77. The average Bonchev–Trinajstić information content (AvgIpc) is 2.80. The lowest BCUT2D eigenvalue weighted by atomic mass is 9.89. The van der Waals surface area contributed by atoms with Crippen molar-refractivity contribution < 1.29 is 9.53 Å². The van der Waals surface area contributed by atoms with Crippen LogP contribution in [0.15, 0.2) is 55.1 Å². The van der Waals surface area contributed by atoms with Crippen molar-refractivity contribution in [1.82, 2.24) is 24.8 Å². The number of carbonyl (C=O) groups is 1. The summed E-state index contributed by atoms with van der Waals surface area (Å²) in [4.78, 5) is 32.0. The number of rotatable bonds is 5. The number of hydrogen-bond acceptors (Lipinski definition) is 6. The van der Waals surface area contributed by atoms with E-state index >= 15 is 0 Å². The molecular formula is C22H23N5O2. The Labute approximate surface area is 169 Å². The van der Waals surface area contributed by atoms with Crippen molar-refractivity contribution in [2.45, 2.75) is 18.8 Å². The molecule has 7 nitrogen and oxygen atoms in total. The Balaban J connectivity index is 1.66. The molecular weight excluding hydrogens is 366 g/mol. The van der Waals surface area contributed by atoms with Crippen LogP contribution < -0.4 is 0 Å². The van der Waals surface area contributed by atoms with Gasteiger partial charge in [-0.3, -0.25) is 14.8 Å². The van der Waals surface area contributed by atoms with Gasteiger partial charge in [-0.25, -0.2) is 9.97 Å². The van der Waals surface area contributed by atoms with Crippen LogP contribution in [0.3, 0.4) is 0 Å². The number of carbonyl (C=O) groups excluding carboxylic acids is 1. The summed E-state index contributed by atoms with van der Waals surface area (Å²) in [5.74, 6) is 0.906. The molecule has 148 valence electrons. The molecule has 0 aliphatic carbocycles. The molecule has 3 aromatic heterocycles. The predicted molar refractivity (Wildman–Crippen MR) is 109 cm³/mol. The zero-order valence-electron chi connectivity index (χ0n) is 16.4. The van der Waals surface area contributed by atoms with Gasteiger partial charge in [0.25, 0.3) is 0 Å². The molecule has 0 bridgehead atoms. The predicted octanol–water partition coefficient (Wildman–Crippen LogP) is 2.95. The van der Waals surface area contributed by atoms with Crippen molar-refractivity contribution in [3.05, 3.63) is 60.8 Å². The third-order valence-electron chi connectivity index (χ3n) is 5.21. The van der Waals surface area contributed by atoms with Crippen LogP contribution in [-0.2, 0) is 9.53 Å². The molecule has 0 saturated carbocycles. The van der Waals surface area contributed by atoms with Gasteiger partial charge in [-0.15, -0.1) is 0 Å². The zero-order valence-corrected chi connectivity index (χ0v) is 16.4. The van der Waals surface area contributed by atoms with Gasteiger partial charge in [0.15, 0.2) is 5.82 Å². The number of ether oxygens (including phenoxy) is 1. The fourth-order valence-corrected chi connectivity index (χ4v) is 3.70. The van der Waals surface area contributed by atoms with Crippen molar-refractivity contribution in [2.24, 2.45) is 0 Å². The maximum Gasteiger partial charge on any atom is 0.248 e. The summed E-state index contributed by atoms with van der Waals surface area (Å²) in [6.45, 7) is 1.53. The Morgan fingerprint density at radius 3 is 2.59 bits per heavy atom. The molecule has 1 aliphatic rings. The van der Waals surface area contributed by atoms with E-state index in [-0.39, 0.29) is 18.4 Å². The normalized spacial score (nSPS) is 14.7. The van der Waals surface area contributed by atoms with Gasteiger partial charge in [0.2, 0.25) is 5.91 Å². The van der Waals surface area contributed by atoms with Crippen LogP contribution in [-0.4, -0.2) is 57.5 Å². The highest BCUT2D eigenvalue weighted by atomic mass is 16.5. The number of methoxy groups -OCH3 is 1. The molecule has 0 aromatic carbocycles. The monoisotopic (exact) mass is 389 g/mol.